The van der Waals surface area contributed by atoms with E-state index in [1.165, 1.54) is 18.4 Å². The molecular formula is C17H32N4O. The van der Waals surface area contributed by atoms with E-state index in [0.717, 1.165) is 38.6 Å². The lowest BCUT2D eigenvalue weighted by atomic mass is 9.96. The molecule has 0 unspecified atom stereocenters. The molecule has 5 heteroatoms. The Labute approximate surface area is 134 Å². The zero-order valence-corrected chi connectivity index (χ0v) is 14.5. The summed E-state index contributed by atoms with van der Waals surface area (Å²) in [6, 6.07) is 0. The van der Waals surface area contributed by atoms with Gasteiger partial charge in [-0.2, -0.15) is 5.10 Å². The van der Waals surface area contributed by atoms with Gasteiger partial charge in [0.15, 0.2) is 0 Å². The summed E-state index contributed by atoms with van der Waals surface area (Å²) in [5.74, 6) is 0.753. The Balaban J connectivity index is 1.66. The summed E-state index contributed by atoms with van der Waals surface area (Å²) in [6.07, 6.45) is 6.33. The van der Waals surface area contributed by atoms with Crippen molar-refractivity contribution < 1.29 is 5.11 Å². The Morgan fingerprint density at radius 3 is 2.59 bits per heavy atom. The maximum atomic E-state index is 9.44. The second-order valence-corrected chi connectivity index (χ2v) is 7.69. The van der Waals surface area contributed by atoms with Crippen molar-refractivity contribution in [1.29, 1.82) is 0 Å². The smallest absolute Gasteiger partial charge is 0.0639 e. The summed E-state index contributed by atoms with van der Waals surface area (Å²) >= 11 is 0. The molecule has 2 heterocycles. The van der Waals surface area contributed by atoms with Crippen molar-refractivity contribution in [2.45, 2.75) is 58.7 Å². The van der Waals surface area contributed by atoms with Crippen LogP contribution < -0.4 is 5.32 Å². The third kappa shape index (κ3) is 5.38. The number of β-amino-alcohol motifs (C(OH)–C–C–N with tert-alkyl or cyclic N) is 1. The van der Waals surface area contributed by atoms with Crippen LogP contribution in [0.3, 0.4) is 0 Å². The van der Waals surface area contributed by atoms with Gasteiger partial charge in [0.25, 0.3) is 0 Å². The number of nitrogens with zero attached hydrogens (tertiary/aromatic N) is 3. The van der Waals surface area contributed by atoms with E-state index >= 15 is 0 Å². The number of rotatable bonds is 6. The van der Waals surface area contributed by atoms with Crippen molar-refractivity contribution in [1.82, 2.24) is 20.0 Å². The second kappa shape index (κ2) is 7.57. The fourth-order valence-corrected chi connectivity index (χ4v) is 2.99. The van der Waals surface area contributed by atoms with Crippen molar-refractivity contribution in [2.24, 2.45) is 5.92 Å². The Kier molecular flexibility index (Phi) is 6.01. The van der Waals surface area contributed by atoms with Crippen LogP contribution in [0.4, 0.5) is 0 Å². The van der Waals surface area contributed by atoms with Gasteiger partial charge in [-0.15, -0.1) is 0 Å². The highest BCUT2D eigenvalue weighted by atomic mass is 16.3. The molecule has 126 valence electrons. The Morgan fingerprint density at radius 2 is 2.05 bits per heavy atom. The van der Waals surface area contributed by atoms with Gasteiger partial charge in [0.2, 0.25) is 0 Å². The summed E-state index contributed by atoms with van der Waals surface area (Å²) < 4.78 is 2.03. The molecule has 1 aromatic rings. The Bertz CT molecular complexity index is 442. The molecule has 1 fully saturated rings. The number of aliphatic hydroxyl groups excluding tert-OH is 1. The molecule has 1 atom stereocenters. The monoisotopic (exact) mass is 308 g/mol. The van der Waals surface area contributed by atoms with Crippen molar-refractivity contribution in [3.8, 4) is 0 Å². The zero-order valence-electron chi connectivity index (χ0n) is 14.5. The van der Waals surface area contributed by atoms with Crippen molar-refractivity contribution in [2.75, 3.05) is 26.2 Å². The van der Waals surface area contributed by atoms with Crippen LogP contribution in [-0.4, -0.2) is 52.1 Å². The van der Waals surface area contributed by atoms with Gasteiger partial charge in [0, 0.05) is 24.8 Å². The molecule has 0 saturated carbocycles. The lowest BCUT2D eigenvalue weighted by Gasteiger charge is -2.32. The van der Waals surface area contributed by atoms with Gasteiger partial charge >= 0.3 is 0 Å². The number of piperidine rings is 1. The van der Waals surface area contributed by atoms with Crippen LogP contribution in [0.2, 0.25) is 0 Å². The molecule has 2 rings (SSSR count). The lowest BCUT2D eigenvalue weighted by Crippen LogP contribution is -2.40. The van der Waals surface area contributed by atoms with Crippen LogP contribution in [-0.2, 0) is 12.1 Å². The summed E-state index contributed by atoms with van der Waals surface area (Å²) in [5.41, 5.74) is 1.30. The first kappa shape index (κ1) is 17.4. The third-order valence-electron chi connectivity index (χ3n) is 4.32. The molecule has 0 radical (unpaired) electrons. The van der Waals surface area contributed by atoms with Gasteiger partial charge in [0.05, 0.1) is 17.8 Å². The first-order valence-corrected chi connectivity index (χ1v) is 8.50. The molecule has 0 bridgehead atoms. The molecule has 2 N–H and O–H groups in total. The van der Waals surface area contributed by atoms with Crippen molar-refractivity contribution in [3.63, 3.8) is 0 Å². The summed E-state index contributed by atoms with van der Waals surface area (Å²) in [7, 11) is 0. The summed E-state index contributed by atoms with van der Waals surface area (Å²) in [6.45, 7) is 13.4. The van der Waals surface area contributed by atoms with E-state index in [4.69, 9.17) is 0 Å². The zero-order chi connectivity index (χ0) is 16.2. The summed E-state index contributed by atoms with van der Waals surface area (Å²) in [5, 5.41) is 17.4. The molecule has 1 aliphatic heterocycles. The first-order valence-electron chi connectivity index (χ1n) is 8.50. The van der Waals surface area contributed by atoms with Crippen LogP contribution in [0.5, 0.6) is 0 Å². The molecule has 0 amide bonds. The van der Waals surface area contributed by atoms with E-state index in [2.05, 4.69) is 42.3 Å². The standard InChI is InChI=1S/C17H32N4O/c1-14(22)12-20-7-5-15(6-8-20)9-18-10-16-11-19-21(13-16)17(2,3)4/h11,13-15,18,22H,5-10,12H2,1-4H3/t14-/m1/s1. The van der Waals surface area contributed by atoms with Gasteiger partial charge in [-0.1, -0.05) is 0 Å². The topological polar surface area (TPSA) is 53.3 Å². The molecule has 0 aromatic carbocycles. The number of likely N-dealkylation sites (tertiary alicyclic amines) is 1. The molecule has 5 nitrogen and oxygen atoms in total. The van der Waals surface area contributed by atoms with Gasteiger partial charge in [-0.05, 0) is 66.1 Å². The minimum absolute atomic E-state index is 0.0505. The van der Waals surface area contributed by atoms with E-state index in [9.17, 15) is 5.11 Å². The first-order chi connectivity index (χ1) is 10.3. The fraction of sp³-hybridized carbons (Fsp3) is 0.824. The Morgan fingerprint density at radius 1 is 1.36 bits per heavy atom. The average Bonchev–Trinajstić information content (AvgIpc) is 2.89. The second-order valence-electron chi connectivity index (χ2n) is 7.69. The van der Waals surface area contributed by atoms with E-state index < -0.39 is 0 Å². The van der Waals surface area contributed by atoms with Crippen LogP contribution in [0.25, 0.3) is 0 Å². The van der Waals surface area contributed by atoms with Gasteiger partial charge in [-0.25, -0.2) is 0 Å². The van der Waals surface area contributed by atoms with Crippen LogP contribution in [0.1, 0.15) is 46.1 Å². The lowest BCUT2D eigenvalue weighted by molar-refractivity contribution is 0.0998. The SMILES string of the molecule is C[C@@H](O)CN1CCC(CNCc2cnn(C(C)(C)C)c2)CC1. The molecule has 1 aromatic heterocycles. The average molecular weight is 308 g/mol. The number of aromatic nitrogens is 2. The van der Waals surface area contributed by atoms with Crippen molar-refractivity contribution >= 4 is 0 Å². The van der Waals surface area contributed by atoms with Gasteiger partial charge in [0.1, 0.15) is 0 Å². The molecule has 0 aliphatic carbocycles. The predicted molar refractivity (Wildman–Crippen MR) is 89.8 cm³/mol. The highest BCUT2D eigenvalue weighted by molar-refractivity contribution is 5.04. The molecule has 1 saturated heterocycles. The minimum Gasteiger partial charge on any atom is -0.392 e. The number of aliphatic hydroxyl groups is 1. The van der Waals surface area contributed by atoms with Gasteiger partial charge in [-0.3, -0.25) is 4.68 Å². The largest absolute Gasteiger partial charge is 0.392 e. The van der Waals surface area contributed by atoms with E-state index in [-0.39, 0.29) is 11.6 Å². The highest BCUT2D eigenvalue weighted by Crippen LogP contribution is 2.17. The summed E-state index contributed by atoms with van der Waals surface area (Å²) in [4.78, 5) is 2.37. The molecule has 22 heavy (non-hydrogen) atoms. The quantitative estimate of drug-likeness (QED) is 0.842. The van der Waals surface area contributed by atoms with E-state index in [1.54, 1.807) is 0 Å². The van der Waals surface area contributed by atoms with Crippen LogP contribution in [0, 0.1) is 5.92 Å². The van der Waals surface area contributed by atoms with Crippen molar-refractivity contribution in [3.05, 3.63) is 18.0 Å². The predicted octanol–water partition coefficient (Wildman–Crippen LogP) is 1.82. The molecule has 0 spiro atoms. The minimum atomic E-state index is -0.214. The molecule has 1 aliphatic rings. The van der Waals surface area contributed by atoms with Crippen LogP contribution >= 0.6 is 0 Å². The molecular weight excluding hydrogens is 276 g/mol. The number of nitrogens with one attached hydrogen (secondary N) is 1. The number of hydrogen-bond donors (Lipinski definition) is 2. The Hall–Kier alpha value is -0.910. The third-order valence-corrected chi connectivity index (χ3v) is 4.32. The maximum absolute atomic E-state index is 9.44. The highest BCUT2D eigenvalue weighted by Gasteiger charge is 2.19. The van der Waals surface area contributed by atoms with E-state index in [1.807, 2.05) is 17.8 Å². The number of hydrogen-bond acceptors (Lipinski definition) is 4. The fourth-order valence-electron chi connectivity index (χ4n) is 2.99. The normalized spacial score (nSPS) is 19.5. The maximum Gasteiger partial charge on any atom is 0.0639 e. The van der Waals surface area contributed by atoms with Gasteiger partial charge < -0.3 is 15.3 Å². The van der Waals surface area contributed by atoms with E-state index in [0.29, 0.717) is 0 Å². The van der Waals surface area contributed by atoms with Crippen LogP contribution in [0.15, 0.2) is 12.4 Å².